The number of sulfone groups is 1. The van der Waals surface area contributed by atoms with E-state index in [1.165, 1.54) is 12.1 Å². The first-order chi connectivity index (χ1) is 8.37. The van der Waals surface area contributed by atoms with Crippen LogP contribution in [0.25, 0.3) is 0 Å². The van der Waals surface area contributed by atoms with E-state index in [9.17, 15) is 22.0 Å². The van der Waals surface area contributed by atoms with Crippen LogP contribution in [0.15, 0.2) is 29.2 Å². The average molecular weight is 277 g/mol. The van der Waals surface area contributed by atoms with Crippen molar-refractivity contribution in [3.63, 3.8) is 0 Å². The first kappa shape index (κ1) is 14.6. The number of carbonyl (C=O) groups excluding carboxylic acids is 1. The number of hydrogen-bond acceptors (Lipinski definition) is 3. The number of hydrogen-bond donors (Lipinski definition) is 1. The Kier molecular flexibility index (Phi) is 4.77. The second-order valence-corrected chi connectivity index (χ2v) is 5.55. The summed E-state index contributed by atoms with van der Waals surface area (Å²) in [5, 5.41) is 2.53. The summed E-state index contributed by atoms with van der Waals surface area (Å²) in [6, 6.07) is 4.65. The molecule has 0 heterocycles. The van der Waals surface area contributed by atoms with Gasteiger partial charge in [0.05, 0.1) is 4.90 Å². The molecule has 0 fully saturated rings. The molecule has 1 aromatic rings. The van der Waals surface area contributed by atoms with E-state index in [1.54, 1.807) is 0 Å². The minimum absolute atomic E-state index is 0.207. The molecule has 0 aliphatic heterocycles. The number of carbonyl (C=O) groups is 1. The second kappa shape index (κ2) is 5.90. The normalized spacial score (nSPS) is 11.6. The lowest BCUT2D eigenvalue weighted by molar-refractivity contribution is -0.116. The molecule has 4 nitrogen and oxygen atoms in total. The zero-order valence-corrected chi connectivity index (χ0v) is 10.5. The van der Waals surface area contributed by atoms with E-state index in [0.717, 1.165) is 12.1 Å². The van der Waals surface area contributed by atoms with E-state index in [1.807, 2.05) is 6.92 Å². The first-order valence-electron chi connectivity index (χ1n) is 5.30. The minimum atomic E-state index is -4.58. The lowest BCUT2D eigenvalue weighted by Crippen LogP contribution is -2.12. The average Bonchev–Trinajstić information content (AvgIpc) is 2.29. The number of alkyl halides is 2. The molecular formula is C11H13F2NO3S. The largest absolute Gasteiger partial charge is 0.341 e. The Morgan fingerprint density at radius 2 is 1.83 bits per heavy atom. The highest BCUT2D eigenvalue weighted by molar-refractivity contribution is 7.91. The Balaban J connectivity index is 2.84. The highest BCUT2D eigenvalue weighted by atomic mass is 32.2. The van der Waals surface area contributed by atoms with Gasteiger partial charge in [0.2, 0.25) is 15.7 Å². The van der Waals surface area contributed by atoms with Crippen LogP contribution in [0.5, 0.6) is 0 Å². The van der Waals surface area contributed by atoms with Crippen LogP contribution < -0.4 is 5.32 Å². The number of amides is 1. The van der Waals surface area contributed by atoms with Crippen molar-refractivity contribution in [1.82, 2.24) is 0 Å². The summed E-state index contributed by atoms with van der Waals surface area (Å²) in [6.07, 6.45) is 1.03. The van der Waals surface area contributed by atoms with Gasteiger partial charge >= 0.3 is 5.76 Å². The molecule has 0 aromatic heterocycles. The third-order valence-electron chi connectivity index (χ3n) is 2.18. The van der Waals surface area contributed by atoms with Crippen LogP contribution in [-0.2, 0) is 14.6 Å². The summed E-state index contributed by atoms with van der Waals surface area (Å²) in [4.78, 5) is 10.8. The van der Waals surface area contributed by atoms with Gasteiger partial charge in [-0.05, 0) is 30.7 Å². The van der Waals surface area contributed by atoms with Crippen LogP contribution in [0, 0.1) is 0 Å². The summed E-state index contributed by atoms with van der Waals surface area (Å²) in [5.74, 6) is -3.65. The van der Waals surface area contributed by atoms with Gasteiger partial charge in [0.25, 0.3) is 0 Å². The van der Waals surface area contributed by atoms with E-state index in [4.69, 9.17) is 0 Å². The van der Waals surface area contributed by atoms with Gasteiger partial charge in [-0.1, -0.05) is 6.92 Å². The molecule has 0 atom stereocenters. The number of halogens is 2. The fourth-order valence-electron chi connectivity index (χ4n) is 1.28. The Morgan fingerprint density at radius 3 is 2.28 bits per heavy atom. The third kappa shape index (κ3) is 3.49. The van der Waals surface area contributed by atoms with Gasteiger partial charge in [-0.3, -0.25) is 4.79 Å². The molecule has 1 N–H and O–H groups in total. The van der Waals surface area contributed by atoms with Crippen LogP contribution in [-0.4, -0.2) is 20.1 Å². The molecule has 0 aliphatic carbocycles. The number of nitrogens with one attached hydrogen (secondary N) is 1. The molecule has 18 heavy (non-hydrogen) atoms. The molecule has 0 saturated heterocycles. The van der Waals surface area contributed by atoms with Gasteiger partial charge in [0, 0.05) is 12.1 Å². The number of benzene rings is 1. The fourth-order valence-corrected chi connectivity index (χ4v) is 2.00. The summed E-state index contributed by atoms with van der Waals surface area (Å²) < 4.78 is 46.8. The fraction of sp³-hybridized carbons (Fsp3) is 0.364. The van der Waals surface area contributed by atoms with Crippen LogP contribution in [0.3, 0.4) is 0 Å². The molecule has 1 aromatic carbocycles. The van der Waals surface area contributed by atoms with Crippen molar-refractivity contribution >= 4 is 21.4 Å². The van der Waals surface area contributed by atoms with E-state index >= 15 is 0 Å². The maximum Gasteiger partial charge on any atom is 0.341 e. The Hall–Kier alpha value is -1.50. The van der Waals surface area contributed by atoms with Gasteiger partial charge in [-0.25, -0.2) is 8.42 Å². The number of rotatable bonds is 5. The molecule has 1 amide bonds. The zero-order chi connectivity index (χ0) is 13.8. The lowest BCUT2D eigenvalue weighted by atomic mass is 10.3. The zero-order valence-electron chi connectivity index (χ0n) is 9.69. The quantitative estimate of drug-likeness (QED) is 0.899. The van der Waals surface area contributed by atoms with E-state index in [2.05, 4.69) is 5.32 Å². The summed E-state index contributed by atoms with van der Waals surface area (Å²) in [6.45, 7) is 1.85. The van der Waals surface area contributed by atoms with Crippen molar-refractivity contribution in [2.24, 2.45) is 0 Å². The predicted octanol–water partition coefficient (Wildman–Crippen LogP) is 2.42. The van der Waals surface area contributed by atoms with Crippen LogP contribution >= 0.6 is 0 Å². The molecule has 0 radical (unpaired) electrons. The van der Waals surface area contributed by atoms with Gasteiger partial charge in [0.15, 0.2) is 0 Å². The monoisotopic (exact) mass is 277 g/mol. The van der Waals surface area contributed by atoms with Crippen molar-refractivity contribution in [2.75, 3.05) is 5.32 Å². The topological polar surface area (TPSA) is 63.2 Å². The smallest absolute Gasteiger partial charge is 0.326 e. The molecule has 0 saturated carbocycles. The summed E-state index contributed by atoms with van der Waals surface area (Å²) >= 11 is 0. The van der Waals surface area contributed by atoms with Crippen molar-refractivity contribution in [1.29, 1.82) is 0 Å². The molecule has 0 bridgehead atoms. The third-order valence-corrected chi connectivity index (χ3v) is 3.58. The molecule has 0 unspecified atom stereocenters. The molecule has 1 rings (SSSR count). The minimum Gasteiger partial charge on any atom is -0.326 e. The predicted molar refractivity (Wildman–Crippen MR) is 63.2 cm³/mol. The van der Waals surface area contributed by atoms with Gasteiger partial charge in [0.1, 0.15) is 0 Å². The summed E-state index contributed by atoms with van der Waals surface area (Å²) in [7, 11) is -4.58. The molecule has 0 aliphatic rings. The van der Waals surface area contributed by atoms with Gasteiger partial charge in [-0.15, -0.1) is 0 Å². The highest BCUT2D eigenvalue weighted by Gasteiger charge is 2.26. The van der Waals surface area contributed by atoms with Crippen molar-refractivity contribution in [2.45, 2.75) is 30.4 Å². The molecule has 100 valence electrons. The standard InChI is InChI=1S/C11H13F2NO3S/c1-2-3-10(15)14-8-4-6-9(7-5-8)18(16,17)11(12)13/h4-7,11H,2-3H2,1H3,(H,14,15). The summed E-state index contributed by atoms with van der Waals surface area (Å²) in [5.41, 5.74) is 0.377. The maximum absolute atomic E-state index is 12.3. The van der Waals surface area contributed by atoms with Crippen LogP contribution in [0.4, 0.5) is 14.5 Å². The van der Waals surface area contributed by atoms with Crippen molar-refractivity contribution < 1.29 is 22.0 Å². The Bertz CT molecular complexity index is 512. The second-order valence-electron chi connectivity index (χ2n) is 3.63. The van der Waals surface area contributed by atoms with E-state index < -0.39 is 20.5 Å². The SMILES string of the molecule is CCCC(=O)Nc1ccc(S(=O)(=O)C(F)F)cc1. The first-order valence-corrected chi connectivity index (χ1v) is 6.84. The lowest BCUT2D eigenvalue weighted by Gasteiger charge is -2.06. The van der Waals surface area contributed by atoms with E-state index in [0.29, 0.717) is 18.5 Å². The maximum atomic E-state index is 12.3. The Morgan fingerprint density at radius 1 is 1.28 bits per heavy atom. The van der Waals surface area contributed by atoms with Crippen LogP contribution in [0.1, 0.15) is 19.8 Å². The van der Waals surface area contributed by atoms with E-state index in [-0.39, 0.29) is 5.91 Å². The van der Waals surface area contributed by atoms with Gasteiger partial charge in [-0.2, -0.15) is 8.78 Å². The highest BCUT2D eigenvalue weighted by Crippen LogP contribution is 2.20. The number of anilines is 1. The van der Waals surface area contributed by atoms with Crippen molar-refractivity contribution in [3.8, 4) is 0 Å². The molecule has 0 spiro atoms. The van der Waals surface area contributed by atoms with Gasteiger partial charge < -0.3 is 5.32 Å². The van der Waals surface area contributed by atoms with Crippen LogP contribution in [0.2, 0.25) is 0 Å². The van der Waals surface area contributed by atoms with Crippen molar-refractivity contribution in [3.05, 3.63) is 24.3 Å². The molecular weight excluding hydrogens is 264 g/mol. The molecule has 7 heteroatoms. The Labute approximate surface area is 104 Å².